The van der Waals surface area contributed by atoms with E-state index < -0.39 is 0 Å². The minimum atomic E-state index is 0. The van der Waals surface area contributed by atoms with Gasteiger partial charge in [-0.25, -0.2) is 9.98 Å². The third-order valence-electron chi connectivity index (χ3n) is 3.89. The van der Waals surface area contributed by atoms with Crippen LogP contribution in [0.1, 0.15) is 18.3 Å². The van der Waals surface area contributed by atoms with Crippen LogP contribution in [-0.2, 0) is 20.1 Å². The van der Waals surface area contributed by atoms with Crippen LogP contribution in [0.5, 0.6) is 11.5 Å². The molecule has 0 saturated carbocycles. The van der Waals surface area contributed by atoms with E-state index in [1.54, 1.807) is 11.0 Å². The Kier molecular flexibility index (Phi) is 8.73. The molecule has 0 unspecified atom stereocenters. The van der Waals surface area contributed by atoms with Gasteiger partial charge in [0.05, 0.1) is 13.1 Å². The molecule has 0 amide bonds. The van der Waals surface area contributed by atoms with Crippen LogP contribution < -0.4 is 15.4 Å². The van der Waals surface area contributed by atoms with Crippen molar-refractivity contribution in [1.82, 2.24) is 25.4 Å². The molecule has 1 aromatic heterocycles. The minimum absolute atomic E-state index is 0. The van der Waals surface area contributed by atoms with E-state index in [-0.39, 0.29) is 24.0 Å². The van der Waals surface area contributed by atoms with Crippen molar-refractivity contribution in [2.24, 2.45) is 12.0 Å². The molecule has 0 atom stereocenters. The van der Waals surface area contributed by atoms with Crippen molar-refractivity contribution < 1.29 is 4.74 Å². The number of aromatic nitrogens is 3. The highest BCUT2D eigenvalue weighted by molar-refractivity contribution is 14.0. The quantitative estimate of drug-likeness (QED) is 0.300. The number of ether oxygens (including phenoxy) is 1. The van der Waals surface area contributed by atoms with Gasteiger partial charge in [0, 0.05) is 13.6 Å². The van der Waals surface area contributed by atoms with Crippen LogP contribution in [0.2, 0.25) is 0 Å². The van der Waals surface area contributed by atoms with Crippen molar-refractivity contribution >= 4 is 29.9 Å². The van der Waals surface area contributed by atoms with Crippen LogP contribution in [0.25, 0.3) is 0 Å². The number of para-hydroxylation sites is 1. The minimum Gasteiger partial charge on any atom is -0.457 e. The molecule has 2 aromatic carbocycles. The highest BCUT2D eigenvalue weighted by Crippen LogP contribution is 2.21. The molecule has 0 spiro atoms. The first-order valence-corrected chi connectivity index (χ1v) is 8.91. The lowest BCUT2D eigenvalue weighted by molar-refractivity contribution is 0.482. The second kappa shape index (κ2) is 11.3. The maximum atomic E-state index is 5.81. The average Bonchev–Trinajstić information content (AvgIpc) is 3.11. The molecule has 28 heavy (non-hydrogen) atoms. The second-order valence-corrected chi connectivity index (χ2v) is 5.91. The van der Waals surface area contributed by atoms with Crippen molar-refractivity contribution in [3.63, 3.8) is 0 Å². The molecule has 0 aliphatic carbocycles. The van der Waals surface area contributed by atoms with Crippen molar-refractivity contribution in [1.29, 1.82) is 0 Å². The van der Waals surface area contributed by atoms with Gasteiger partial charge in [0.15, 0.2) is 5.96 Å². The van der Waals surface area contributed by atoms with Crippen LogP contribution >= 0.6 is 24.0 Å². The SMILES string of the molecule is CCNC(=NCc1ccc(Oc2ccccc2)cc1)NCc1ncnn1C.I. The van der Waals surface area contributed by atoms with E-state index in [0.717, 1.165) is 35.4 Å². The van der Waals surface area contributed by atoms with E-state index in [1.165, 1.54) is 0 Å². The van der Waals surface area contributed by atoms with Gasteiger partial charge in [-0.05, 0) is 36.8 Å². The summed E-state index contributed by atoms with van der Waals surface area (Å²) in [7, 11) is 1.87. The first kappa shape index (κ1) is 21.7. The van der Waals surface area contributed by atoms with Gasteiger partial charge < -0.3 is 15.4 Å². The highest BCUT2D eigenvalue weighted by Gasteiger charge is 2.03. The number of aryl methyl sites for hydroxylation is 1. The molecule has 7 nitrogen and oxygen atoms in total. The molecule has 8 heteroatoms. The van der Waals surface area contributed by atoms with E-state index in [0.29, 0.717) is 13.1 Å². The number of hydrogen-bond donors (Lipinski definition) is 2. The summed E-state index contributed by atoms with van der Waals surface area (Å²) in [5.74, 6) is 3.22. The van der Waals surface area contributed by atoms with Gasteiger partial charge in [0.25, 0.3) is 0 Å². The van der Waals surface area contributed by atoms with Crippen molar-refractivity contribution in [3.05, 3.63) is 72.3 Å². The zero-order valence-electron chi connectivity index (χ0n) is 16.0. The number of benzene rings is 2. The summed E-state index contributed by atoms with van der Waals surface area (Å²) in [5, 5.41) is 10.6. The molecule has 0 fully saturated rings. The standard InChI is InChI=1S/C20H24N6O.HI/c1-3-21-20(23-14-19-24-15-25-26(19)2)22-13-16-9-11-18(12-10-16)27-17-7-5-4-6-8-17;/h4-12,15H,3,13-14H2,1-2H3,(H2,21,22,23);1H. The summed E-state index contributed by atoms with van der Waals surface area (Å²) in [5.41, 5.74) is 1.10. The molecule has 0 saturated heterocycles. The van der Waals surface area contributed by atoms with E-state index in [1.807, 2.05) is 68.6 Å². The van der Waals surface area contributed by atoms with Crippen LogP contribution in [0.4, 0.5) is 0 Å². The van der Waals surface area contributed by atoms with Crippen molar-refractivity contribution in [3.8, 4) is 11.5 Å². The maximum absolute atomic E-state index is 5.81. The predicted molar refractivity (Wildman–Crippen MR) is 121 cm³/mol. The van der Waals surface area contributed by atoms with Gasteiger partial charge in [-0.2, -0.15) is 5.10 Å². The predicted octanol–water partition coefficient (Wildman–Crippen LogP) is 3.48. The zero-order chi connectivity index (χ0) is 18.9. The number of nitrogens with zero attached hydrogens (tertiary/aromatic N) is 4. The summed E-state index contributed by atoms with van der Waals surface area (Å²) in [6.07, 6.45) is 1.54. The van der Waals surface area contributed by atoms with Gasteiger partial charge in [0.2, 0.25) is 0 Å². The van der Waals surface area contributed by atoms with Crippen molar-refractivity contribution in [2.45, 2.75) is 20.0 Å². The zero-order valence-corrected chi connectivity index (χ0v) is 18.3. The normalized spacial score (nSPS) is 10.9. The number of halogens is 1. The Morgan fingerprint density at radius 2 is 1.75 bits per heavy atom. The molecular weight excluding hydrogens is 467 g/mol. The number of rotatable bonds is 7. The third kappa shape index (κ3) is 6.52. The molecular formula is C20H25IN6O. The summed E-state index contributed by atoms with van der Waals surface area (Å²) in [6, 6.07) is 17.7. The lowest BCUT2D eigenvalue weighted by atomic mass is 10.2. The Hall–Kier alpha value is -2.62. The molecule has 3 rings (SSSR count). The Morgan fingerprint density at radius 1 is 1.04 bits per heavy atom. The monoisotopic (exact) mass is 492 g/mol. The Morgan fingerprint density at radius 3 is 2.39 bits per heavy atom. The molecule has 0 aliphatic rings. The largest absolute Gasteiger partial charge is 0.457 e. The van der Waals surface area contributed by atoms with Crippen molar-refractivity contribution in [2.75, 3.05) is 6.54 Å². The van der Waals surface area contributed by atoms with Gasteiger partial charge in [-0.1, -0.05) is 30.3 Å². The van der Waals surface area contributed by atoms with Gasteiger partial charge >= 0.3 is 0 Å². The summed E-state index contributed by atoms with van der Waals surface area (Å²) >= 11 is 0. The van der Waals surface area contributed by atoms with Gasteiger partial charge in [-0.3, -0.25) is 4.68 Å². The number of guanidine groups is 1. The number of hydrogen-bond acceptors (Lipinski definition) is 4. The molecule has 0 aliphatic heterocycles. The fourth-order valence-electron chi connectivity index (χ4n) is 2.44. The van der Waals surface area contributed by atoms with Gasteiger partial charge in [0.1, 0.15) is 23.7 Å². The first-order chi connectivity index (χ1) is 13.2. The molecule has 148 valence electrons. The number of aliphatic imine (C=N–C) groups is 1. The Labute approximate surface area is 182 Å². The number of nitrogens with one attached hydrogen (secondary N) is 2. The summed E-state index contributed by atoms with van der Waals surface area (Å²) < 4.78 is 7.55. The lowest BCUT2D eigenvalue weighted by Crippen LogP contribution is -2.37. The highest BCUT2D eigenvalue weighted by atomic mass is 127. The van der Waals surface area contributed by atoms with E-state index in [2.05, 4.69) is 25.7 Å². The maximum Gasteiger partial charge on any atom is 0.191 e. The molecule has 1 heterocycles. The lowest BCUT2D eigenvalue weighted by Gasteiger charge is -2.11. The molecule has 3 aromatic rings. The summed E-state index contributed by atoms with van der Waals surface area (Å²) in [6.45, 7) is 3.95. The fourth-order valence-corrected chi connectivity index (χ4v) is 2.44. The van der Waals surface area contributed by atoms with Crippen LogP contribution in [-0.4, -0.2) is 27.3 Å². The Balaban J connectivity index is 0.00000280. The fraction of sp³-hybridized carbons (Fsp3) is 0.250. The van der Waals surface area contributed by atoms with Crippen LogP contribution in [0, 0.1) is 0 Å². The summed E-state index contributed by atoms with van der Waals surface area (Å²) in [4.78, 5) is 8.83. The van der Waals surface area contributed by atoms with Gasteiger partial charge in [-0.15, -0.1) is 24.0 Å². The Bertz CT molecular complexity index is 864. The smallest absolute Gasteiger partial charge is 0.191 e. The van der Waals surface area contributed by atoms with Crippen LogP contribution in [0.3, 0.4) is 0 Å². The van der Waals surface area contributed by atoms with E-state index >= 15 is 0 Å². The van der Waals surface area contributed by atoms with Crippen LogP contribution in [0.15, 0.2) is 65.9 Å². The third-order valence-corrected chi connectivity index (χ3v) is 3.89. The second-order valence-electron chi connectivity index (χ2n) is 5.91. The molecule has 2 N–H and O–H groups in total. The molecule has 0 bridgehead atoms. The average molecular weight is 492 g/mol. The topological polar surface area (TPSA) is 76.4 Å². The van der Waals surface area contributed by atoms with E-state index in [4.69, 9.17) is 4.74 Å². The molecule has 0 radical (unpaired) electrons. The van der Waals surface area contributed by atoms with E-state index in [9.17, 15) is 0 Å². The first-order valence-electron chi connectivity index (χ1n) is 8.91.